The van der Waals surface area contributed by atoms with Crippen LogP contribution in [0, 0.1) is 0 Å². The minimum absolute atomic E-state index is 0.0576. The predicted octanol–water partition coefficient (Wildman–Crippen LogP) is 3.57. The van der Waals surface area contributed by atoms with E-state index in [1.165, 1.54) is 6.33 Å². The summed E-state index contributed by atoms with van der Waals surface area (Å²) in [6.45, 7) is 5.91. The highest BCUT2D eigenvalue weighted by Gasteiger charge is 2.32. The van der Waals surface area contributed by atoms with Crippen molar-refractivity contribution in [1.82, 2.24) is 30.2 Å². The van der Waals surface area contributed by atoms with Gasteiger partial charge in [0.15, 0.2) is 11.8 Å². The van der Waals surface area contributed by atoms with Gasteiger partial charge in [-0.3, -0.25) is 4.79 Å². The number of H-pyrrole nitrogens is 1. The standard InChI is InChI=1S/C25H28N6O3/c1-3-31(4-2)25(33)17-11-15-7-5-9-20(16(15)12-19(17)32)34-23(18-8-6-10-26-18)21-22-24(29-13-27-21)30-14-28-22/h5,7,9,11-14,18,23,26,32H,3-4,6,8,10H2,1-2H3,(H,27,28,29,30)/t18?,23-/m1/s1. The molecule has 2 aromatic carbocycles. The van der Waals surface area contributed by atoms with Crippen LogP contribution in [0.1, 0.15) is 48.8 Å². The van der Waals surface area contributed by atoms with E-state index in [0.29, 0.717) is 35.7 Å². The first-order valence-corrected chi connectivity index (χ1v) is 11.7. The molecule has 4 aromatic rings. The molecule has 3 heterocycles. The van der Waals surface area contributed by atoms with E-state index in [-0.39, 0.29) is 23.3 Å². The van der Waals surface area contributed by atoms with Gasteiger partial charge in [0, 0.05) is 18.5 Å². The van der Waals surface area contributed by atoms with Crippen LogP contribution in [0.5, 0.6) is 11.5 Å². The van der Waals surface area contributed by atoms with E-state index in [2.05, 4.69) is 25.3 Å². The van der Waals surface area contributed by atoms with Gasteiger partial charge >= 0.3 is 0 Å². The largest absolute Gasteiger partial charge is 0.507 e. The fraction of sp³-hybridized carbons (Fsp3) is 0.360. The molecular weight excluding hydrogens is 432 g/mol. The van der Waals surface area contributed by atoms with Crippen LogP contribution in [-0.4, -0.2) is 61.5 Å². The molecule has 0 bridgehead atoms. The van der Waals surface area contributed by atoms with Crippen molar-refractivity contribution in [2.75, 3.05) is 19.6 Å². The molecule has 0 saturated carbocycles. The van der Waals surface area contributed by atoms with E-state index in [0.717, 1.165) is 30.2 Å². The number of phenols is 1. The number of amides is 1. The van der Waals surface area contributed by atoms with Crippen LogP contribution in [0.15, 0.2) is 43.0 Å². The maximum absolute atomic E-state index is 12.9. The van der Waals surface area contributed by atoms with Crippen molar-refractivity contribution in [1.29, 1.82) is 0 Å². The number of ether oxygens (including phenoxy) is 1. The van der Waals surface area contributed by atoms with Crippen molar-refractivity contribution >= 4 is 27.8 Å². The van der Waals surface area contributed by atoms with Gasteiger partial charge in [0.1, 0.15) is 29.0 Å². The van der Waals surface area contributed by atoms with Crippen LogP contribution in [0.25, 0.3) is 21.9 Å². The van der Waals surface area contributed by atoms with Crippen LogP contribution in [0.4, 0.5) is 0 Å². The number of aromatic hydroxyl groups is 1. The molecular formula is C25H28N6O3. The highest BCUT2D eigenvalue weighted by atomic mass is 16.5. The summed E-state index contributed by atoms with van der Waals surface area (Å²) in [4.78, 5) is 30.8. The topological polar surface area (TPSA) is 116 Å². The molecule has 0 radical (unpaired) electrons. The lowest BCUT2D eigenvalue weighted by atomic mass is 10.0. The summed E-state index contributed by atoms with van der Waals surface area (Å²) in [6, 6.07) is 9.09. The minimum Gasteiger partial charge on any atom is -0.507 e. The lowest BCUT2D eigenvalue weighted by Crippen LogP contribution is -2.33. The average molecular weight is 461 g/mol. The Hall–Kier alpha value is -3.72. The van der Waals surface area contributed by atoms with Gasteiger partial charge in [0.05, 0.1) is 17.9 Å². The van der Waals surface area contributed by atoms with Crippen LogP contribution >= 0.6 is 0 Å². The summed E-state index contributed by atoms with van der Waals surface area (Å²) in [6.07, 6.45) is 4.71. The number of imidazole rings is 1. The number of rotatable bonds is 7. The van der Waals surface area contributed by atoms with Gasteiger partial charge in [-0.15, -0.1) is 0 Å². The molecule has 0 aliphatic carbocycles. The third kappa shape index (κ3) is 3.92. The Morgan fingerprint density at radius 3 is 2.85 bits per heavy atom. The zero-order chi connectivity index (χ0) is 23.7. The van der Waals surface area contributed by atoms with Crippen molar-refractivity contribution in [3.05, 3.63) is 54.2 Å². The molecule has 1 unspecified atom stereocenters. The summed E-state index contributed by atoms with van der Waals surface area (Å²) >= 11 is 0. The van der Waals surface area contributed by atoms with E-state index < -0.39 is 6.10 Å². The number of carbonyl (C=O) groups is 1. The Balaban J connectivity index is 1.57. The maximum atomic E-state index is 12.9. The molecule has 9 nitrogen and oxygen atoms in total. The van der Waals surface area contributed by atoms with Gasteiger partial charge in [-0.05, 0) is 56.8 Å². The number of nitrogens with zero attached hydrogens (tertiary/aromatic N) is 4. The van der Waals surface area contributed by atoms with Gasteiger partial charge in [-0.1, -0.05) is 12.1 Å². The minimum atomic E-state index is -0.402. The molecule has 1 fully saturated rings. The number of fused-ring (bicyclic) bond motifs is 2. The molecule has 1 aliphatic heterocycles. The molecule has 176 valence electrons. The van der Waals surface area contributed by atoms with Crippen LogP contribution in [0.3, 0.4) is 0 Å². The van der Waals surface area contributed by atoms with Gasteiger partial charge in [0.2, 0.25) is 0 Å². The average Bonchev–Trinajstić information content (AvgIpc) is 3.55. The fourth-order valence-electron chi connectivity index (χ4n) is 4.67. The normalized spacial score (nSPS) is 16.7. The lowest BCUT2D eigenvalue weighted by molar-refractivity contribution is 0.0770. The highest BCUT2D eigenvalue weighted by molar-refractivity contribution is 6.02. The third-order valence-electron chi connectivity index (χ3n) is 6.47. The van der Waals surface area contributed by atoms with E-state index in [1.807, 2.05) is 32.0 Å². The second-order valence-corrected chi connectivity index (χ2v) is 8.42. The molecule has 3 N–H and O–H groups in total. The molecule has 5 rings (SSSR count). The Kier molecular flexibility index (Phi) is 6.02. The summed E-state index contributed by atoms with van der Waals surface area (Å²) < 4.78 is 6.61. The number of carbonyl (C=O) groups excluding carboxylic acids is 1. The summed E-state index contributed by atoms with van der Waals surface area (Å²) in [7, 11) is 0. The summed E-state index contributed by atoms with van der Waals surface area (Å²) in [5.41, 5.74) is 2.33. The van der Waals surface area contributed by atoms with Crippen molar-refractivity contribution < 1.29 is 14.6 Å². The van der Waals surface area contributed by atoms with Crippen molar-refractivity contribution in [3.63, 3.8) is 0 Å². The predicted molar refractivity (Wildman–Crippen MR) is 129 cm³/mol. The number of hydrogen-bond acceptors (Lipinski definition) is 7. The lowest BCUT2D eigenvalue weighted by Gasteiger charge is -2.25. The Labute approximate surface area is 197 Å². The van der Waals surface area contributed by atoms with Gasteiger partial charge < -0.3 is 25.0 Å². The van der Waals surface area contributed by atoms with Gasteiger partial charge in [0.25, 0.3) is 5.91 Å². The Bertz CT molecular complexity index is 1330. The monoisotopic (exact) mass is 460 g/mol. The van der Waals surface area contributed by atoms with E-state index >= 15 is 0 Å². The molecule has 0 spiro atoms. The van der Waals surface area contributed by atoms with Gasteiger partial charge in [-0.2, -0.15) is 0 Å². The summed E-state index contributed by atoms with van der Waals surface area (Å²) in [5.74, 6) is 0.356. The molecule has 1 saturated heterocycles. The van der Waals surface area contributed by atoms with E-state index in [1.54, 1.807) is 23.4 Å². The van der Waals surface area contributed by atoms with Crippen LogP contribution in [0.2, 0.25) is 0 Å². The number of benzene rings is 2. The molecule has 1 aliphatic rings. The molecule has 9 heteroatoms. The quantitative estimate of drug-likeness (QED) is 0.386. The third-order valence-corrected chi connectivity index (χ3v) is 6.47. The van der Waals surface area contributed by atoms with Gasteiger partial charge in [-0.25, -0.2) is 15.0 Å². The Morgan fingerprint density at radius 2 is 2.09 bits per heavy atom. The van der Waals surface area contributed by atoms with Crippen molar-refractivity contribution in [3.8, 4) is 11.5 Å². The highest BCUT2D eigenvalue weighted by Crippen LogP contribution is 2.37. The number of hydrogen-bond donors (Lipinski definition) is 3. The fourth-order valence-corrected chi connectivity index (χ4v) is 4.67. The Morgan fingerprint density at radius 1 is 1.24 bits per heavy atom. The maximum Gasteiger partial charge on any atom is 0.257 e. The summed E-state index contributed by atoms with van der Waals surface area (Å²) in [5, 5.41) is 15.8. The number of nitrogens with one attached hydrogen (secondary N) is 2. The number of aromatic nitrogens is 4. The second kappa shape index (κ2) is 9.26. The first-order chi connectivity index (χ1) is 16.6. The second-order valence-electron chi connectivity index (χ2n) is 8.42. The molecule has 2 aromatic heterocycles. The van der Waals surface area contributed by atoms with Crippen LogP contribution in [-0.2, 0) is 0 Å². The first-order valence-electron chi connectivity index (χ1n) is 11.7. The van der Waals surface area contributed by atoms with Crippen molar-refractivity contribution in [2.24, 2.45) is 0 Å². The van der Waals surface area contributed by atoms with E-state index in [9.17, 15) is 9.90 Å². The smallest absolute Gasteiger partial charge is 0.257 e. The molecule has 1 amide bonds. The van der Waals surface area contributed by atoms with Crippen LogP contribution < -0.4 is 10.1 Å². The molecule has 34 heavy (non-hydrogen) atoms. The van der Waals surface area contributed by atoms with Crippen molar-refractivity contribution in [2.45, 2.75) is 38.8 Å². The van der Waals surface area contributed by atoms with E-state index in [4.69, 9.17) is 4.74 Å². The molecule has 2 atom stereocenters. The zero-order valence-corrected chi connectivity index (χ0v) is 19.3. The first kappa shape index (κ1) is 22.1. The zero-order valence-electron chi connectivity index (χ0n) is 19.3. The number of aromatic amines is 1. The SMILES string of the molecule is CCN(CC)C(=O)c1cc2cccc(O[C@@H](c3ncnc4[nH]cnc34)C3CCCN3)c2cc1O. The number of phenolic OH excluding ortho intramolecular Hbond substituents is 1.